The van der Waals surface area contributed by atoms with Gasteiger partial charge in [0, 0.05) is 14.7 Å². The van der Waals surface area contributed by atoms with Gasteiger partial charge in [-0.2, -0.15) is 0 Å². The van der Waals surface area contributed by atoms with Gasteiger partial charge < -0.3 is 4.74 Å². The van der Waals surface area contributed by atoms with Gasteiger partial charge in [-0.1, -0.05) is 46.3 Å². The molecule has 3 nitrogen and oxygen atoms in total. The lowest BCUT2D eigenvalue weighted by Gasteiger charge is -2.11. The maximum atomic E-state index is 12.3. The Morgan fingerprint density at radius 1 is 1.09 bits per heavy atom. The molecule has 2 aromatic carbocycles. The number of hydrogen-bond acceptors (Lipinski definition) is 4. The first-order valence-electron chi connectivity index (χ1n) is 7.04. The van der Waals surface area contributed by atoms with Crippen molar-refractivity contribution in [3.63, 3.8) is 0 Å². The van der Waals surface area contributed by atoms with Crippen molar-refractivity contribution in [2.45, 2.75) is 13.0 Å². The van der Waals surface area contributed by atoms with Gasteiger partial charge in [0.1, 0.15) is 4.88 Å². The molecule has 3 aromatic rings. The molecule has 0 fully saturated rings. The van der Waals surface area contributed by atoms with Gasteiger partial charge in [-0.3, -0.25) is 4.79 Å². The van der Waals surface area contributed by atoms with E-state index in [1.807, 2.05) is 24.3 Å². The van der Waals surface area contributed by atoms with Crippen molar-refractivity contribution in [3.05, 3.63) is 69.5 Å². The van der Waals surface area contributed by atoms with Crippen molar-refractivity contribution in [3.8, 4) is 0 Å². The average Bonchev–Trinajstić information content (AvgIpc) is 2.99. The van der Waals surface area contributed by atoms with Crippen LogP contribution in [0.25, 0.3) is 10.1 Å². The van der Waals surface area contributed by atoms with Crippen LogP contribution in [0.5, 0.6) is 0 Å². The van der Waals surface area contributed by atoms with Crippen LogP contribution >= 0.6 is 27.3 Å². The standard InChI is InChI=1S/C18H13BrO3S/c1-11(17(20)12-6-8-14(19)9-7-12)22-18(21)16-10-13-4-2-3-5-15(13)23-16/h2-11H,1H3/t11-/m0/s1. The molecule has 0 radical (unpaired) electrons. The quantitative estimate of drug-likeness (QED) is 0.461. The predicted molar refractivity (Wildman–Crippen MR) is 95.2 cm³/mol. The highest BCUT2D eigenvalue weighted by Crippen LogP contribution is 2.26. The molecule has 0 aliphatic carbocycles. The van der Waals surface area contributed by atoms with Crippen LogP contribution < -0.4 is 0 Å². The van der Waals surface area contributed by atoms with E-state index in [-0.39, 0.29) is 5.78 Å². The van der Waals surface area contributed by atoms with E-state index in [0.717, 1.165) is 14.6 Å². The summed E-state index contributed by atoms with van der Waals surface area (Å²) in [5, 5.41) is 0.997. The van der Waals surface area contributed by atoms with E-state index >= 15 is 0 Å². The number of rotatable bonds is 4. The Labute approximate surface area is 146 Å². The Hall–Kier alpha value is -1.98. The molecule has 0 amide bonds. The topological polar surface area (TPSA) is 43.4 Å². The molecule has 0 N–H and O–H groups in total. The minimum absolute atomic E-state index is 0.216. The Bertz CT molecular complexity index is 834. The van der Waals surface area contributed by atoms with Crippen LogP contribution in [0, 0.1) is 0 Å². The van der Waals surface area contributed by atoms with Crippen LogP contribution in [0.2, 0.25) is 0 Å². The highest BCUT2D eigenvalue weighted by Gasteiger charge is 2.21. The molecule has 0 spiro atoms. The summed E-state index contributed by atoms with van der Waals surface area (Å²) in [7, 11) is 0. The summed E-state index contributed by atoms with van der Waals surface area (Å²) in [6, 6.07) is 16.5. The number of carbonyl (C=O) groups excluding carboxylic acids is 2. The fourth-order valence-electron chi connectivity index (χ4n) is 2.20. The van der Waals surface area contributed by atoms with Crippen LogP contribution in [0.4, 0.5) is 0 Å². The summed E-state index contributed by atoms with van der Waals surface area (Å²) < 4.78 is 7.23. The average molecular weight is 389 g/mol. The van der Waals surface area contributed by atoms with Crippen molar-refractivity contribution in [1.29, 1.82) is 0 Å². The maximum Gasteiger partial charge on any atom is 0.349 e. The second kappa shape index (κ2) is 6.64. The first-order valence-corrected chi connectivity index (χ1v) is 8.65. The predicted octanol–water partition coefficient (Wildman–Crippen LogP) is 5.09. The molecule has 0 unspecified atom stereocenters. The number of ether oxygens (including phenoxy) is 1. The van der Waals surface area contributed by atoms with E-state index in [2.05, 4.69) is 15.9 Å². The van der Waals surface area contributed by atoms with Crippen molar-refractivity contribution < 1.29 is 14.3 Å². The number of fused-ring (bicyclic) bond motifs is 1. The number of ketones is 1. The van der Waals surface area contributed by atoms with E-state index in [9.17, 15) is 9.59 Å². The molecule has 1 atom stereocenters. The van der Waals surface area contributed by atoms with E-state index in [1.165, 1.54) is 11.3 Å². The first-order chi connectivity index (χ1) is 11.0. The Morgan fingerprint density at radius 2 is 1.78 bits per heavy atom. The van der Waals surface area contributed by atoms with Gasteiger partial charge in [-0.25, -0.2) is 4.79 Å². The van der Waals surface area contributed by atoms with Gasteiger partial charge in [0.15, 0.2) is 6.10 Å². The molecule has 5 heteroatoms. The summed E-state index contributed by atoms with van der Waals surface area (Å²) in [6.07, 6.45) is -0.825. The molecule has 23 heavy (non-hydrogen) atoms. The number of Topliss-reactive ketones (excluding diaryl/α,β-unsaturated/α-hetero) is 1. The van der Waals surface area contributed by atoms with E-state index < -0.39 is 12.1 Å². The Morgan fingerprint density at radius 3 is 2.48 bits per heavy atom. The number of benzene rings is 2. The Balaban J connectivity index is 1.73. The molecule has 1 aromatic heterocycles. The van der Waals surface area contributed by atoms with Gasteiger partial charge in [0.25, 0.3) is 0 Å². The van der Waals surface area contributed by atoms with Gasteiger partial charge >= 0.3 is 5.97 Å². The second-order valence-electron chi connectivity index (χ2n) is 5.07. The molecular formula is C18H13BrO3S. The van der Waals surface area contributed by atoms with Crippen molar-refractivity contribution in [1.82, 2.24) is 0 Å². The summed E-state index contributed by atoms with van der Waals surface area (Å²) in [4.78, 5) is 25.1. The maximum absolute atomic E-state index is 12.3. The summed E-state index contributed by atoms with van der Waals surface area (Å²) in [5.74, 6) is -0.684. The lowest BCUT2D eigenvalue weighted by molar-refractivity contribution is 0.0323. The van der Waals surface area contributed by atoms with Crippen LogP contribution in [-0.2, 0) is 4.74 Å². The third-order valence-corrected chi connectivity index (χ3v) is 5.03. The van der Waals surface area contributed by atoms with Crippen LogP contribution in [0.3, 0.4) is 0 Å². The minimum Gasteiger partial charge on any atom is -0.450 e. The monoisotopic (exact) mass is 388 g/mol. The molecule has 0 aliphatic heterocycles. The second-order valence-corrected chi connectivity index (χ2v) is 7.07. The molecule has 0 saturated heterocycles. The van der Waals surface area contributed by atoms with Gasteiger partial charge in [-0.15, -0.1) is 11.3 Å². The number of hydrogen-bond donors (Lipinski definition) is 0. The highest BCUT2D eigenvalue weighted by molar-refractivity contribution is 9.10. The fourth-order valence-corrected chi connectivity index (χ4v) is 3.41. The van der Waals surface area contributed by atoms with Gasteiger partial charge in [-0.05, 0) is 36.6 Å². The van der Waals surface area contributed by atoms with E-state index in [1.54, 1.807) is 37.3 Å². The molecule has 116 valence electrons. The molecule has 0 aliphatic rings. The van der Waals surface area contributed by atoms with Crippen LogP contribution in [0.1, 0.15) is 27.0 Å². The normalized spacial score (nSPS) is 12.1. The third-order valence-electron chi connectivity index (χ3n) is 3.41. The zero-order chi connectivity index (χ0) is 16.4. The summed E-state index contributed by atoms with van der Waals surface area (Å²) in [5.41, 5.74) is 0.518. The number of carbonyl (C=O) groups is 2. The van der Waals surface area contributed by atoms with Crippen molar-refractivity contribution >= 4 is 49.1 Å². The van der Waals surface area contributed by atoms with E-state index in [0.29, 0.717) is 10.4 Å². The number of thiophene rings is 1. The van der Waals surface area contributed by atoms with Crippen LogP contribution in [0.15, 0.2) is 59.1 Å². The molecular weight excluding hydrogens is 376 g/mol. The van der Waals surface area contributed by atoms with Crippen LogP contribution in [-0.4, -0.2) is 17.9 Å². The summed E-state index contributed by atoms with van der Waals surface area (Å²) >= 11 is 4.69. The van der Waals surface area contributed by atoms with Gasteiger partial charge in [0.2, 0.25) is 5.78 Å². The molecule has 3 rings (SSSR count). The smallest absolute Gasteiger partial charge is 0.349 e. The minimum atomic E-state index is -0.825. The summed E-state index contributed by atoms with van der Waals surface area (Å²) in [6.45, 7) is 1.59. The lowest BCUT2D eigenvalue weighted by Crippen LogP contribution is -2.24. The largest absolute Gasteiger partial charge is 0.450 e. The lowest BCUT2D eigenvalue weighted by atomic mass is 10.1. The number of esters is 1. The van der Waals surface area contributed by atoms with E-state index in [4.69, 9.17) is 4.74 Å². The Kier molecular flexibility index (Phi) is 4.59. The first kappa shape index (κ1) is 15.9. The molecule has 0 saturated carbocycles. The molecule has 1 heterocycles. The molecule has 0 bridgehead atoms. The fraction of sp³-hybridized carbons (Fsp3) is 0.111. The SMILES string of the molecule is C[C@H](OC(=O)c1cc2ccccc2s1)C(=O)c1ccc(Br)cc1. The number of halogens is 1. The zero-order valence-corrected chi connectivity index (χ0v) is 14.7. The third kappa shape index (κ3) is 3.51. The zero-order valence-electron chi connectivity index (χ0n) is 12.3. The highest BCUT2D eigenvalue weighted by atomic mass is 79.9. The van der Waals surface area contributed by atoms with Crippen molar-refractivity contribution in [2.24, 2.45) is 0 Å². The van der Waals surface area contributed by atoms with Gasteiger partial charge in [0.05, 0.1) is 0 Å². The van der Waals surface area contributed by atoms with Crippen molar-refractivity contribution in [2.75, 3.05) is 0 Å².